The molecule has 5 nitrogen and oxygen atoms in total. The second-order valence-corrected chi connectivity index (χ2v) is 8.42. The third-order valence-electron chi connectivity index (χ3n) is 5.50. The second kappa shape index (κ2) is 10.6. The molecule has 1 aliphatic carbocycles. The molecule has 2 aromatic rings. The molecule has 0 bridgehead atoms. The van der Waals surface area contributed by atoms with Gasteiger partial charge in [0, 0.05) is 17.1 Å². The lowest BCUT2D eigenvalue weighted by atomic mass is 10.1. The van der Waals surface area contributed by atoms with E-state index in [1.807, 2.05) is 0 Å². The van der Waals surface area contributed by atoms with Crippen LogP contribution in [0, 0.1) is 5.82 Å². The first-order valence-corrected chi connectivity index (χ1v) is 11.0. The van der Waals surface area contributed by atoms with Crippen molar-refractivity contribution in [2.75, 3.05) is 20.3 Å². The molecule has 3 rings (SSSR count). The van der Waals surface area contributed by atoms with Gasteiger partial charge >= 0.3 is 0 Å². The molecule has 0 heterocycles. The fourth-order valence-corrected chi connectivity index (χ4v) is 3.34. The van der Waals surface area contributed by atoms with Crippen LogP contribution in [0.15, 0.2) is 57.7 Å². The van der Waals surface area contributed by atoms with E-state index in [0.717, 1.165) is 5.56 Å². The van der Waals surface area contributed by atoms with Gasteiger partial charge in [0.25, 0.3) is 5.92 Å². The van der Waals surface area contributed by atoms with Gasteiger partial charge in [-0.25, -0.2) is 13.2 Å². The molecule has 1 saturated carbocycles. The van der Waals surface area contributed by atoms with E-state index in [1.165, 1.54) is 19.2 Å². The summed E-state index contributed by atoms with van der Waals surface area (Å²) in [6, 6.07) is 9.32. The van der Waals surface area contributed by atoms with Crippen molar-refractivity contribution in [1.29, 1.82) is 0 Å². The Morgan fingerprint density at radius 1 is 1.09 bits per heavy atom. The van der Waals surface area contributed by atoms with Gasteiger partial charge in [-0.05, 0) is 67.8 Å². The zero-order valence-electron chi connectivity index (χ0n) is 19.3. The maximum atomic E-state index is 13.4. The van der Waals surface area contributed by atoms with Gasteiger partial charge in [0.2, 0.25) is 0 Å². The number of methoxy groups -OCH3 is 1. The summed E-state index contributed by atoms with van der Waals surface area (Å²) in [5.41, 5.74) is 3.86. The maximum Gasteiger partial charge on any atom is 0.288 e. The fourth-order valence-electron chi connectivity index (χ4n) is 3.16. The van der Waals surface area contributed by atoms with E-state index in [9.17, 15) is 18.3 Å². The molecular weight excluding hydrogens is 469 g/mol. The van der Waals surface area contributed by atoms with Gasteiger partial charge in [-0.15, -0.1) is 0 Å². The van der Waals surface area contributed by atoms with Gasteiger partial charge in [0.1, 0.15) is 5.82 Å². The maximum absolute atomic E-state index is 13.4. The minimum atomic E-state index is -2.80. The van der Waals surface area contributed by atoms with Crippen molar-refractivity contribution in [3.63, 3.8) is 0 Å². The molecule has 1 N–H and O–H groups in total. The first-order chi connectivity index (χ1) is 16.1. The van der Waals surface area contributed by atoms with Crippen molar-refractivity contribution in [1.82, 2.24) is 0 Å². The number of ether oxygens (including phenoxy) is 2. The third kappa shape index (κ3) is 6.18. The number of aliphatic hydroxyl groups is 1. The number of aliphatic imine (C=N–C) groups is 2. The quantitative estimate of drug-likeness (QED) is 0.444. The van der Waals surface area contributed by atoms with E-state index in [0.29, 0.717) is 34.0 Å². The molecule has 1 fully saturated rings. The molecular formula is C25H26ClF3N2O3. The molecule has 34 heavy (non-hydrogen) atoms. The van der Waals surface area contributed by atoms with Gasteiger partial charge in [-0.1, -0.05) is 17.7 Å². The molecule has 0 amide bonds. The highest BCUT2D eigenvalue weighted by molar-refractivity contribution is 6.31. The highest BCUT2D eigenvalue weighted by Gasteiger charge is 2.60. The number of allylic oxidation sites excluding steroid dienone is 1. The van der Waals surface area contributed by atoms with Crippen LogP contribution in [0.25, 0.3) is 0 Å². The number of hydrogen-bond donors (Lipinski definition) is 1. The Bertz CT molecular complexity index is 1160. The summed E-state index contributed by atoms with van der Waals surface area (Å²) in [6.07, 6.45) is -1.43. The van der Waals surface area contributed by atoms with E-state index in [4.69, 9.17) is 21.1 Å². The van der Waals surface area contributed by atoms with Gasteiger partial charge < -0.3 is 14.6 Å². The second-order valence-electron chi connectivity index (χ2n) is 8.01. The number of hydrogen-bond acceptors (Lipinski definition) is 5. The van der Waals surface area contributed by atoms with Crippen LogP contribution < -0.4 is 9.47 Å². The van der Waals surface area contributed by atoms with Crippen molar-refractivity contribution in [2.45, 2.75) is 39.2 Å². The lowest BCUT2D eigenvalue weighted by molar-refractivity contribution is 0.0655. The summed E-state index contributed by atoms with van der Waals surface area (Å²) < 4.78 is 50.4. The van der Waals surface area contributed by atoms with Crippen LogP contribution in [-0.2, 0) is 0 Å². The minimum absolute atomic E-state index is 0.00831. The average Bonchev–Trinajstić information content (AvgIpc) is 3.41. The van der Waals surface area contributed by atoms with E-state index in [-0.39, 0.29) is 30.3 Å². The smallest absolute Gasteiger partial charge is 0.288 e. The summed E-state index contributed by atoms with van der Waals surface area (Å²) in [4.78, 5) is 9.05. The normalized spacial score (nSPS) is 18.4. The third-order valence-corrected chi connectivity index (χ3v) is 5.79. The number of aliphatic hydroxyl groups excluding tert-OH is 1. The van der Waals surface area contributed by atoms with Gasteiger partial charge in [0.05, 0.1) is 31.7 Å². The summed E-state index contributed by atoms with van der Waals surface area (Å²) >= 11 is 5.85. The van der Waals surface area contributed by atoms with Crippen LogP contribution in [0.1, 0.15) is 38.3 Å². The van der Waals surface area contributed by atoms with Crippen LogP contribution >= 0.6 is 11.6 Å². The van der Waals surface area contributed by atoms with Gasteiger partial charge in [-0.3, -0.25) is 9.98 Å². The molecule has 0 saturated heterocycles. The van der Waals surface area contributed by atoms with Crippen LogP contribution in [0.3, 0.4) is 0 Å². The predicted octanol–water partition coefficient (Wildman–Crippen LogP) is 5.86. The van der Waals surface area contributed by atoms with Gasteiger partial charge in [-0.2, -0.15) is 0 Å². The molecule has 2 aromatic carbocycles. The van der Waals surface area contributed by atoms with Crippen molar-refractivity contribution in [2.24, 2.45) is 9.98 Å². The molecule has 0 radical (unpaired) electrons. The van der Waals surface area contributed by atoms with E-state index in [1.54, 1.807) is 45.0 Å². The number of nitrogens with zero attached hydrogens (tertiary/aromatic N) is 2. The summed E-state index contributed by atoms with van der Waals surface area (Å²) in [7, 11) is 1.44. The average molecular weight is 495 g/mol. The van der Waals surface area contributed by atoms with E-state index in [2.05, 4.69) is 9.98 Å². The lowest BCUT2D eigenvalue weighted by Gasteiger charge is -2.12. The number of halogens is 4. The first kappa shape index (κ1) is 25.8. The summed E-state index contributed by atoms with van der Waals surface area (Å²) in [5.74, 6) is -2.72. The van der Waals surface area contributed by atoms with Crippen molar-refractivity contribution < 1.29 is 27.8 Å². The molecule has 182 valence electrons. The summed E-state index contributed by atoms with van der Waals surface area (Å²) in [6.45, 7) is 5.28. The molecule has 9 heteroatoms. The van der Waals surface area contributed by atoms with Gasteiger partial charge in [0.15, 0.2) is 17.6 Å². The molecule has 0 spiro atoms. The zero-order chi connectivity index (χ0) is 25.0. The Labute approximate surface area is 201 Å². The van der Waals surface area contributed by atoms with Crippen molar-refractivity contribution in [3.8, 4) is 11.5 Å². The zero-order valence-corrected chi connectivity index (χ0v) is 20.1. The Hall–Kier alpha value is -2.84. The monoisotopic (exact) mass is 494 g/mol. The number of alkyl halides is 2. The highest BCUT2D eigenvalue weighted by Crippen LogP contribution is 2.46. The van der Waals surface area contributed by atoms with Crippen LogP contribution in [0.5, 0.6) is 11.5 Å². The SMILES string of the molecule is COc1cc(C(C)=NC/C(CO)=C(\C)N=C(C)c2ccc(F)c(Cl)c2)ccc1OC1CC1(F)F. The van der Waals surface area contributed by atoms with Crippen LogP contribution in [0.2, 0.25) is 5.02 Å². The molecule has 0 aliphatic heterocycles. The largest absolute Gasteiger partial charge is 0.493 e. The molecule has 1 unspecified atom stereocenters. The van der Waals surface area contributed by atoms with Crippen LogP contribution in [0.4, 0.5) is 13.2 Å². The highest BCUT2D eigenvalue weighted by atomic mass is 35.5. The Morgan fingerprint density at radius 3 is 2.32 bits per heavy atom. The standard InChI is InChI=1S/C25H26ClF3N2O3/c1-14(18-6-8-22(23(10-18)33-4)34-24-11-25(24,28)29)30-12-19(13-32)16(3)31-15(2)17-5-7-21(27)20(26)9-17/h5-10,24,32H,11-13H2,1-4H3/b19-16-,30-14?,31-15?. The molecule has 1 atom stereocenters. The number of benzene rings is 2. The Balaban J connectivity index is 1.76. The lowest BCUT2D eigenvalue weighted by Crippen LogP contribution is -2.08. The summed E-state index contributed by atoms with van der Waals surface area (Å²) in [5, 5.41) is 9.84. The topological polar surface area (TPSA) is 63.4 Å². The predicted molar refractivity (Wildman–Crippen MR) is 127 cm³/mol. The fraction of sp³-hybridized carbons (Fsp3) is 0.360. The Kier molecular flexibility index (Phi) is 8.05. The minimum Gasteiger partial charge on any atom is -0.493 e. The van der Waals surface area contributed by atoms with Crippen LogP contribution in [-0.4, -0.2) is 48.8 Å². The number of rotatable bonds is 9. The first-order valence-electron chi connectivity index (χ1n) is 10.6. The van der Waals surface area contributed by atoms with Crippen molar-refractivity contribution in [3.05, 3.63) is 69.6 Å². The van der Waals surface area contributed by atoms with E-state index < -0.39 is 17.8 Å². The molecule has 0 aromatic heterocycles. The van der Waals surface area contributed by atoms with Crippen molar-refractivity contribution >= 4 is 23.0 Å². The molecule has 1 aliphatic rings. The van der Waals surface area contributed by atoms with E-state index >= 15 is 0 Å². The Morgan fingerprint density at radius 2 is 1.74 bits per heavy atom.